The van der Waals surface area contributed by atoms with Crippen molar-refractivity contribution in [1.29, 1.82) is 0 Å². The minimum absolute atomic E-state index is 0. The average molecular weight is 652 g/mol. The van der Waals surface area contributed by atoms with E-state index in [9.17, 15) is 0 Å². The molecule has 0 saturated heterocycles. The van der Waals surface area contributed by atoms with Crippen LogP contribution in [0.4, 0.5) is 0 Å². The molecule has 0 N–H and O–H groups in total. The van der Waals surface area contributed by atoms with Crippen molar-refractivity contribution in [2.75, 3.05) is 0 Å². The number of hydrogen-bond acceptors (Lipinski definition) is 2. The largest absolute Gasteiger partial charge is 2.00 e. The van der Waals surface area contributed by atoms with E-state index in [-0.39, 0.29) is 19.5 Å². The maximum Gasteiger partial charge on any atom is 2.00 e. The first kappa shape index (κ1) is 28.8. The van der Waals surface area contributed by atoms with Gasteiger partial charge < -0.3 is 9.97 Å². The van der Waals surface area contributed by atoms with Crippen LogP contribution in [0.25, 0.3) is 87.4 Å². The first-order valence-corrected chi connectivity index (χ1v) is 15.4. The van der Waals surface area contributed by atoms with Gasteiger partial charge in [-0.15, -0.1) is 11.0 Å². The maximum absolute atomic E-state index is 4.66. The van der Waals surface area contributed by atoms with E-state index in [1.807, 2.05) is 49.1 Å². The third kappa shape index (κ3) is 4.71. The molecule has 47 heavy (non-hydrogen) atoms. The molecule has 0 radical (unpaired) electrons. The predicted molar refractivity (Wildman–Crippen MR) is 191 cm³/mol. The number of nitrogens with zero attached hydrogens (tertiary/aromatic N) is 4. The molecular weight excluding hydrogens is 626 g/mol. The van der Waals surface area contributed by atoms with E-state index in [0.717, 1.165) is 33.5 Å². The fourth-order valence-corrected chi connectivity index (χ4v) is 6.94. The standard InChI is InChI=1S/2C21H13N2.Zn/c2*1-2-7-15-14(6-1)16-8-5-9-18(19-10-3-4-12-22-19)20(16)21-17(15)11-13-23-21;/h2*1-13H;/q2*-1;+2. The molecule has 10 aromatic rings. The summed E-state index contributed by atoms with van der Waals surface area (Å²) in [5.41, 5.74) is 6.35. The molecule has 0 saturated carbocycles. The van der Waals surface area contributed by atoms with Crippen molar-refractivity contribution in [2.45, 2.75) is 0 Å². The van der Waals surface area contributed by atoms with Gasteiger partial charge in [0.05, 0.1) is 11.4 Å². The Balaban J connectivity index is 0.000000135. The average Bonchev–Trinajstić information content (AvgIpc) is 3.84. The van der Waals surface area contributed by atoms with E-state index in [0.29, 0.717) is 0 Å². The smallest absolute Gasteiger partial charge is 0.663 e. The summed E-state index contributed by atoms with van der Waals surface area (Å²) in [5, 5.41) is 12.3. The normalized spacial score (nSPS) is 11.2. The molecule has 0 aliphatic heterocycles. The number of rotatable bonds is 2. The summed E-state index contributed by atoms with van der Waals surface area (Å²) < 4.78 is 0. The van der Waals surface area contributed by atoms with Gasteiger partial charge in [0.25, 0.3) is 0 Å². The molecule has 6 aromatic carbocycles. The van der Waals surface area contributed by atoms with Crippen LogP contribution in [0.5, 0.6) is 0 Å². The van der Waals surface area contributed by atoms with Crippen LogP contribution in [-0.2, 0) is 19.5 Å². The van der Waals surface area contributed by atoms with Crippen molar-refractivity contribution in [2.24, 2.45) is 0 Å². The Morgan fingerprint density at radius 3 is 1.13 bits per heavy atom. The van der Waals surface area contributed by atoms with Crippen LogP contribution in [0.3, 0.4) is 0 Å². The quantitative estimate of drug-likeness (QED) is 0.138. The molecule has 0 amide bonds. The van der Waals surface area contributed by atoms with Crippen molar-refractivity contribution in [1.82, 2.24) is 19.9 Å². The summed E-state index contributed by atoms with van der Waals surface area (Å²) >= 11 is 0. The van der Waals surface area contributed by atoms with E-state index in [4.69, 9.17) is 0 Å². The van der Waals surface area contributed by atoms with Gasteiger partial charge in [-0.1, -0.05) is 109 Å². The Bertz CT molecular complexity index is 2500. The van der Waals surface area contributed by atoms with E-state index >= 15 is 0 Å². The molecule has 4 aromatic heterocycles. The van der Waals surface area contributed by atoms with Crippen molar-refractivity contribution in [3.8, 4) is 22.5 Å². The van der Waals surface area contributed by atoms with E-state index in [1.54, 1.807) is 0 Å². The van der Waals surface area contributed by atoms with Gasteiger partial charge in [-0.05, 0) is 78.1 Å². The number of fused-ring (bicyclic) bond motifs is 12. The molecule has 0 aliphatic rings. The fourth-order valence-electron chi connectivity index (χ4n) is 6.94. The van der Waals surface area contributed by atoms with Gasteiger partial charge >= 0.3 is 19.5 Å². The molecule has 4 heterocycles. The van der Waals surface area contributed by atoms with Gasteiger partial charge in [-0.3, -0.25) is 9.97 Å². The molecule has 0 atom stereocenters. The van der Waals surface area contributed by atoms with Crippen molar-refractivity contribution >= 4 is 64.9 Å². The molecule has 216 valence electrons. The maximum atomic E-state index is 4.66. The molecular formula is C42H26N4Zn. The predicted octanol–water partition coefficient (Wildman–Crippen LogP) is 10.3. The summed E-state index contributed by atoms with van der Waals surface area (Å²) in [6, 6.07) is 46.2. The summed E-state index contributed by atoms with van der Waals surface area (Å²) in [5.74, 6) is 0. The van der Waals surface area contributed by atoms with Crippen LogP contribution in [0.15, 0.2) is 158 Å². The minimum atomic E-state index is 0. The van der Waals surface area contributed by atoms with Gasteiger partial charge in [-0.25, -0.2) is 0 Å². The van der Waals surface area contributed by atoms with E-state index in [2.05, 4.69) is 129 Å². The second-order valence-corrected chi connectivity index (χ2v) is 11.4. The second-order valence-electron chi connectivity index (χ2n) is 11.4. The van der Waals surface area contributed by atoms with Crippen LogP contribution >= 0.6 is 0 Å². The summed E-state index contributed by atoms with van der Waals surface area (Å²) in [4.78, 5) is 18.4. The summed E-state index contributed by atoms with van der Waals surface area (Å²) in [7, 11) is 0. The van der Waals surface area contributed by atoms with Crippen molar-refractivity contribution < 1.29 is 19.5 Å². The summed E-state index contributed by atoms with van der Waals surface area (Å²) in [6.45, 7) is 0. The van der Waals surface area contributed by atoms with Crippen LogP contribution in [0.2, 0.25) is 0 Å². The van der Waals surface area contributed by atoms with Gasteiger partial charge in [0, 0.05) is 23.5 Å². The molecule has 0 fully saturated rings. The van der Waals surface area contributed by atoms with Crippen molar-refractivity contribution in [3.05, 3.63) is 158 Å². The Morgan fingerprint density at radius 1 is 0.340 bits per heavy atom. The third-order valence-corrected chi connectivity index (χ3v) is 8.90. The second kappa shape index (κ2) is 11.9. The molecule has 5 heteroatoms. The SMILES string of the molecule is [Zn+2].c1ccc(-c2cccc3c4ccccc4c4cc[n-]c4c23)nc1.c1ccc(-c2cccc3c4ccccc4c4cc[n-]c4c23)nc1. The number of hydrogen-bond donors (Lipinski definition) is 0. The topological polar surface area (TPSA) is 54.0 Å². The fraction of sp³-hybridized carbons (Fsp3) is 0. The van der Waals surface area contributed by atoms with Crippen LogP contribution in [0, 0.1) is 0 Å². The molecule has 0 unspecified atom stereocenters. The molecule has 0 bridgehead atoms. The van der Waals surface area contributed by atoms with Gasteiger partial charge in [0.15, 0.2) is 0 Å². The summed E-state index contributed by atoms with van der Waals surface area (Å²) in [6.07, 6.45) is 7.47. The zero-order chi connectivity index (χ0) is 30.5. The van der Waals surface area contributed by atoms with Gasteiger partial charge in [-0.2, -0.15) is 12.4 Å². The third-order valence-electron chi connectivity index (χ3n) is 8.90. The Hall–Kier alpha value is -5.64. The number of aromatic nitrogens is 4. The Kier molecular flexibility index (Phi) is 7.32. The first-order valence-electron chi connectivity index (χ1n) is 15.4. The Morgan fingerprint density at radius 2 is 0.723 bits per heavy atom. The van der Waals surface area contributed by atoms with Gasteiger partial charge in [0.2, 0.25) is 0 Å². The van der Waals surface area contributed by atoms with Crippen molar-refractivity contribution in [3.63, 3.8) is 0 Å². The minimum Gasteiger partial charge on any atom is -0.663 e. The van der Waals surface area contributed by atoms with E-state index < -0.39 is 0 Å². The molecule has 10 rings (SSSR count). The first-order chi connectivity index (χ1) is 22.9. The monoisotopic (exact) mass is 650 g/mol. The van der Waals surface area contributed by atoms with Crippen LogP contribution in [0.1, 0.15) is 0 Å². The van der Waals surface area contributed by atoms with E-state index in [1.165, 1.54) is 53.9 Å². The Labute approximate surface area is 283 Å². The van der Waals surface area contributed by atoms with Gasteiger partial charge in [0.1, 0.15) is 0 Å². The molecule has 4 nitrogen and oxygen atoms in total. The molecule has 0 spiro atoms. The number of pyridine rings is 2. The van der Waals surface area contributed by atoms with Crippen LogP contribution < -0.4 is 9.97 Å². The number of benzene rings is 6. The zero-order valence-corrected chi connectivity index (χ0v) is 28.5. The zero-order valence-electron chi connectivity index (χ0n) is 25.5. The molecule has 0 aliphatic carbocycles. The van der Waals surface area contributed by atoms with Crippen LogP contribution in [-0.4, -0.2) is 9.97 Å².